The highest BCUT2D eigenvalue weighted by Gasteiger charge is 2.21. The van der Waals surface area contributed by atoms with Gasteiger partial charge in [0.05, 0.1) is 4.90 Å². The Balaban J connectivity index is 2.46. The number of hydrogen-bond donors (Lipinski definition) is 1. The predicted molar refractivity (Wildman–Crippen MR) is 66.5 cm³/mol. The number of carboxylic acid groups (broad SMARTS) is 1. The van der Waals surface area contributed by atoms with Crippen LogP contribution in [0.1, 0.15) is 12.0 Å². The van der Waals surface area contributed by atoms with Crippen molar-refractivity contribution in [2.24, 2.45) is 0 Å². The largest absolute Gasteiger partial charge is 0.486 e. The first kappa shape index (κ1) is 13.7. The lowest BCUT2D eigenvalue weighted by atomic mass is 10.1. The first-order chi connectivity index (χ1) is 8.88. The van der Waals surface area contributed by atoms with Crippen LogP contribution in [0.5, 0.6) is 11.5 Å². The van der Waals surface area contributed by atoms with Gasteiger partial charge in [-0.05, 0) is 18.1 Å². The minimum Gasteiger partial charge on any atom is -0.486 e. The average molecular weight is 286 g/mol. The molecule has 0 saturated heterocycles. The molecule has 0 spiro atoms. The van der Waals surface area contributed by atoms with E-state index in [2.05, 4.69) is 0 Å². The van der Waals surface area contributed by atoms with Crippen molar-refractivity contribution < 1.29 is 27.8 Å². The molecule has 0 aliphatic carbocycles. The molecule has 1 heterocycles. The van der Waals surface area contributed by atoms with Gasteiger partial charge >= 0.3 is 5.97 Å². The van der Waals surface area contributed by atoms with E-state index in [9.17, 15) is 13.2 Å². The van der Waals surface area contributed by atoms with Gasteiger partial charge in [0, 0.05) is 18.7 Å². The van der Waals surface area contributed by atoms with Gasteiger partial charge in [-0.3, -0.25) is 4.79 Å². The summed E-state index contributed by atoms with van der Waals surface area (Å²) in [7, 11) is -3.44. The highest BCUT2D eigenvalue weighted by atomic mass is 32.2. The van der Waals surface area contributed by atoms with Gasteiger partial charge in [-0.15, -0.1) is 0 Å². The number of fused-ring (bicyclic) bond motifs is 1. The summed E-state index contributed by atoms with van der Waals surface area (Å²) in [4.78, 5) is 10.7. The van der Waals surface area contributed by atoms with E-state index in [0.717, 1.165) is 6.26 Å². The molecule has 0 bridgehead atoms. The molecule has 0 unspecified atom stereocenters. The maximum absolute atomic E-state index is 11.7. The van der Waals surface area contributed by atoms with Crippen LogP contribution in [-0.4, -0.2) is 39.0 Å². The van der Waals surface area contributed by atoms with Crippen LogP contribution in [0, 0.1) is 0 Å². The Hall–Kier alpha value is -1.76. The number of aryl methyl sites for hydroxylation is 1. The summed E-state index contributed by atoms with van der Waals surface area (Å²) in [6.07, 6.45) is 1.08. The molecule has 1 aliphatic rings. The molecule has 1 aliphatic heterocycles. The molecule has 0 fully saturated rings. The van der Waals surface area contributed by atoms with Crippen molar-refractivity contribution in [2.45, 2.75) is 17.7 Å². The second kappa shape index (κ2) is 5.08. The molecule has 0 aromatic heterocycles. The Morgan fingerprint density at radius 3 is 2.37 bits per heavy atom. The van der Waals surface area contributed by atoms with Crippen molar-refractivity contribution in [3.63, 3.8) is 0 Å². The van der Waals surface area contributed by atoms with Crippen LogP contribution in [0.3, 0.4) is 0 Å². The number of ether oxygens (including phenoxy) is 2. The predicted octanol–water partition coefficient (Wildman–Crippen LogP) is 0.879. The Morgan fingerprint density at radius 2 is 1.84 bits per heavy atom. The maximum Gasteiger partial charge on any atom is 0.303 e. The van der Waals surface area contributed by atoms with Gasteiger partial charge in [-0.2, -0.15) is 0 Å². The Morgan fingerprint density at radius 1 is 1.26 bits per heavy atom. The van der Waals surface area contributed by atoms with E-state index in [1.54, 1.807) is 6.07 Å². The monoisotopic (exact) mass is 286 g/mol. The first-order valence-electron chi connectivity index (χ1n) is 5.72. The molecule has 1 aromatic rings. The molecule has 0 atom stereocenters. The van der Waals surface area contributed by atoms with Gasteiger partial charge in [0.1, 0.15) is 13.2 Å². The second-order valence-electron chi connectivity index (χ2n) is 4.27. The Labute approximate surface area is 110 Å². The second-order valence-corrected chi connectivity index (χ2v) is 6.25. The van der Waals surface area contributed by atoms with Crippen molar-refractivity contribution >= 4 is 15.8 Å². The molecular weight excluding hydrogens is 272 g/mol. The fourth-order valence-corrected chi connectivity index (χ4v) is 2.85. The molecule has 2 rings (SSSR count). The van der Waals surface area contributed by atoms with E-state index in [0.29, 0.717) is 30.3 Å². The minimum atomic E-state index is -3.44. The highest BCUT2D eigenvalue weighted by molar-refractivity contribution is 7.90. The zero-order chi connectivity index (χ0) is 14.0. The van der Waals surface area contributed by atoms with Crippen molar-refractivity contribution in [1.29, 1.82) is 0 Å². The number of aliphatic carboxylic acids is 1. The van der Waals surface area contributed by atoms with E-state index in [1.807, 2.05) is 0 Å². The van der Waals surface area contributed by atoms with Crippen LogP contribution >= 0.6 is 0 Å². The van der Waals surface area contributed by atoms with E-state index < -0.39 is 15.8 Å². The molecule has 0 amide bonds. The average Bonchev–Trinajstić information content (AvgIpc) is 2.34. The standard InChI is InChI=1S/C12H14O6S/c1-19(15,16)11-7-10-9(17-4-5-18-10)6-8(11)2-3-12(13)14/h6-7H,2-5H2,1H3,(H,13,14). The molecule has 6 nitrogen and oxygen atoms in total. The van der Waals surface area contributed by atoms with Crippen LogP contribution in [0.15, 0.2) is 17.0 Å². The van der Waals surface area contributed by atoms with Gasteiger partial charge in [-0.1, -0.05) is 0 Å². The highest BCUT2D eigenvalue weighted by Crippen LogP contribution is 2.35. The topological polar surface area (TPSA) is 89.9 Å². The summed E-state index contributed by atoms with van der Waals surface area (Å²) in [5.74, 6) is -0.140. The quantitative estimate of drug-likeness (QED) is 0.883. The number of carbonyl (C=O) groups is 1. The van der Waals surface area contributed by atoms with E-state index in [-0.39, 0.29) is 17.7 Å². The summed E-state index contributed by atoms with van der Waals surface area (Å²) >= 11 is 0. The molecule has 1 N–H and O–H groups in total. The van der Waals surface area contributed by atoms with Gasteiger partial charge in [0.2, 0.25) is 0 Å². The lowest BCUT2D eigenvalue weighted by Crippen LogP contribution is -2.17. The SMILES string of the molecule is CS(=O)(=O)c1cc2c(cc1CCC(=O)O)OCCO2. The van der Waals surface area contributed by atoms with Crippen LogP contribution in [0.25, 0.3) is 0 Å². The number of hydrogen-bond acceptors (Lipinski definition) is 5. The molecule has 104 valence electrons. The zero-order valence-electron chi connectivity index (χ0n) is 10.4. The lowest BCUT2D eigenvalue weighted by molar-refractivity contribution is -0.136. The minimum absolute atomic E-state index is 0.0954. The molecule has 1 aromatic carbocycles. The van der Waals surface area contributed by atoms with Crippen molar-refractivity contribution in [3.8, 4) is 11.5 Å². The third-order valence-corrected chi connectivity index (χ3v) is 3.91. The van der Waals surface area contributed by atoms with Crippen LogP contribution < -0.4 is 9.47 Å². The summed E-state index contributed by atoms with van der Waals surface area (Å²) < 4.78 is 34.2. The van der Waals surface area contributed by atoms with Crippen molar-refractivity contribution in [2.75, 3.05) is 19.5 Å². The number of rotatable bonds is 4. The Bertz CT molecular complexity index is 605. The Kier molecular flexibility index (Phi) is 3.66. The summed E-state index contributed by atoms with van der Waals surface area (Å²) in [5.41, 5.74) is 0.439. The number of sulfone groups is 1. The normalized spacial score (nSPS) is 14.2. The van der Waals surface area contributed by atoms with E-state index >= 15 is 0 Å². The van der Waals surface area contributed by atoms with Crippen LogP contribution in [0.4, 0.5) is 0 Å². The van der Waals surface area contributed by atoms with Crippen LogP contribution in [-0.2, 0) is 21.1 Å². The van der Waals surface area contributed by atoms with Crippen molar-refractivity contribution in [1.82, 2.24) is 0 Å². The van der Waals surface area contributed by atoms with Gasteiger partial charge in [-0.25, -0.2) is 8.42 Å². The molecule has 7 heteroatoms. The van der Waals surface area contributed by atoms with Gasteiger partial charge in [0.15, 0.2) is 21.3 Å². The molecule has 0 saturated carbocycles. The molecule has 0 radical (unpaired) electrons. The van der Waals surface area contributed by atoms with Crippen LogP contribution in [0.2, 0.25) is 0 Å². The summed E-state index contributed by atoms with van der Waals surface area (Å²) in [5, 5.41) is 8.70. The molecule has 19 heavy (non-hydrogen) atoms. The third-order valence-electron chi connectivity index (χ3n) is 2.73. The number of carboxylic acids is 1. The molecular formula is C12H14O6S. The first-order valence-corrected chi connectivity index (χ1v) is 7.61. The van der Waals surface area contributed by atoms with Crippen molar-refractivity contribution in [3.05, 3.63) is 17.7 Å². The summed E-state index contributed by atoms with van der Waals surface area (Å²) in [6.45, 7) is 0.758. The maximum atomic E-state index is 11.7. The fraction of sp³-hybridized carbons (Fsp3) is 0.417. The summed E-state index contributed by atoms with van der Waals surface area (Å²) in [6, 6.07) is 2.95. The fourth-order valence-electron chi connectivity index (χ4n) is 1.89. The van der Waals surface area contributed by atoms with Gasteiger partial charge < -0.3 is 14.6 Å². The third kappa shape index (κ3) is 3.17. The smallest absolute Gasteiger partial charge is 0.303 e. The van der Waals surface area contributed by atoms with E-state index in [4.69, 9.17) is 14.6 Å². The lowest BCUT2D eigenvalue weighted by Gasteiger charge is -2.20. The zero-order valence-corrected chi connectivity index (χ0v) is 11.2. The number of benzene rings is 1. The van der Waals surface area contributed by atoms with Gasteiger partial charge in [0.25, 0.3) is 0 Å². The van der Waals surface area contributed by atoms with E-state index in [1.165, 1.54) is 6.07 Å².